The van der Waals surface area contributed by atoms with Crippen molar-refractivity contribution in [3.05, 3.63) is 65.4 Å². The molecule has 0 atom stereocenters. The van der Waals surface area contributed by atoms with Gasteiger partial charge in [0, 0.05) is 23.6 Å². The average Bonchev–Trinajstić information content (AvgIpc) is 2.79. The molecule has 2 amide bonds. The van der Waals surface area contributed by atoms with Crippen molar-refractivity contribution in [2.75, 3.05) is 5.32 Å². The number of nitrogens with zero attached hydrogens (tertiary/aromatic N) is 1. The molecular weight excluding hydrogens is 290 g/mol. The summed E-state index contributed by atoms with van der Waals surface area (Å²) < 4.78 is 1.98. The molecule has 5 heteroatoms. The van der Waals surface area contributed by atoms with Crippen LogP contribution in [-0.2, 0) is 7.05 Å². The van der Waals surface area contributed by atoms with Gasteiger partial charge in [-0.25, -0.2) is 0 Å². The van der Waals surface area contributed by atoms with Crippen LogP contribution in [0.15, 0.2) is 48.5 Å². The summed E-state index contributed by atoms with van der Waals surface area (Å²) in [6.45, 7) is 1.90. The molecule has 2 aromatic carbocycles. The van der Waals surface area contributed by atoms with E-state index in [4.69, 9.17) is 5.73 Å². The van der Waals surface area contributed by atoms with Crippen molar-refractivity contribution < 1.29 is 9.59 Å². The van der Waals surface area contributed by atoms with Crippen LogP contribution in [0.1, 0.15) is 26.4 Å². The highest BCUT2D eigenvalue weighted by Gasteiger charge is 2.19. The summed E-state index contributed by atoms with van der Waals surface area (Å²) in [7, 11) is 1.92. The maximum absolute atomic E-state index is 12.8. The molecule has 3 N–H and O–H groups in total. The number of nitrogens with two attached hydrogens (primary N) is 1. The first-order chi connectivity index (χ1) is 11.0. The van der Waals surface area contributed by atoms with E-state index >= 15 is 0 Å². The molecule has 0 bridgehead atoms. The minimum Gasteiger partial charge on any atom is -0.366 e. The molecule has 0 unspecified atom stereocenters. The van der Waals surface area contributed by atoms with E-state index < -0.39 is 5.91 Å². The highest BCUT2D eigenvalue weighted by molar-refractivity contribution is 6.15. The number of para-hydroxylation sites is 2. The first-order valence-electron chi connectivity index (χ1n) is 7.25. The maximum atomic E-state index is 12.8. The molecule has 5 nitrogen and oxygen atoms in total. The number of primary amides is 1. The molecule has 0 aliphatic heterocycles. The third-order valence-electron chi connectivity index (χ3n) is 4.07. The number of carbonyl (C=O) groups excluding carboxylic acids is 2. The molecule has 116 valence electrons. The van der Waals surface area contributed by atoms with Gasteiger partial charge in [-0.1, -0.05) is 30.3 Å². The lowest BCUT2D eigenvalue weighted by atomic mass is 10.1. The first kappa shape index (κ1) is 14.8. The van der Waals surface area contributed by atoms with Crippen LogP contribution in [0.25, 0.3) is 10.9 Å². The van der Waals surface area contributed by atoms with Crippen LogP contribution in [0.2, 0.25) is 0 Å². The fourth-order valence-corrected chi connectivity index (χ4v) is 2.80. The molecular formula is C18H17N3O2. The van der Waals surface area contributed by atoms with Gasteiger partial charge in [-0.2, -0.15) is 0 Å². The van der Waals surface area contributed by atoms with E-state index in [-0.39, 0.29) is 5.91 Å². The lowest BCUT2D eigenvalue weighted by Crippen LogP contribution is -2.18. The Balaban J connectivity index is 2.06. The van der Waals surface area contributed by atoms with Crippen LogP contribution in [-0.4, -0.2) is 16.4 Å². The summed E-state index contributed by atoms with van der Waals surface area (Å²) in [4.78, 5) is 24.3. The van der Waals surface area contributed by atoms with Gasteiger partial charge in [0.25, 0.3) is 11.8 Å². The van der Waals surface area contributed by atoms with Crippen LogP contribution in [0.4, 0.5) is 5.69 Å². The fourth-order valence-electron chi connectivity index (χ4n) is 2.80. The lowest BCUT2D eigenvalue weighted by Gasteiger charge is -2.09. The van der Waals surface area contributed by atoms with E-state index in [0.717, 1.165) is 16.6 Å². The lowest BCUT2D eigenvalue weighted by molar-refractivity contribution is 0.100. The number of anilines is 1. The number of aromatic nitrogens is 1. The van der Waals surface area contributed by atoms with E-state index in [2.05, 4.69) is 5.32 Å². The smallest absolute Gasteiger partial charge is 0.258 e. The number of hydrogen-bond donors (Lipinski definition) is 2. The topological polar surface area (TPSA) is 77.1 Å². The summed E-state index contributed by atoms with van der Waals surface area (Å²) in [6, 6.07) is 14.4. The highest BCUT2D eigenvalue weighted by Crippen LogP contribution is 2.26. The Morgan fingerprint density at radius 1 is 1.04 bits per heavy atom. The van der Waals surface area contributed by atoms with Crippen LogP contribution in [0.3, 0.4) is 0 Å². The maximum Gasteiger partial charge on any atom is 0.258 e. The Bertz CT molecular complexity index is 925. The van der Waals surface area contributed by atoms with E-state index in [1.807, 2.05) is 42.8 Å². The third-order valence-corrected chi connectivity index (χ3v) is 4.07. The van der Waals surface area contributed by atoms with Gasteiger partial charge >= 0.3 is 0 Å². The van der Waals surface area contributed by atoms with Crippen LogP contribution < -0.4 is 11.1 Å². The van der Waals surface area contributed by atoms with Gasteiger partial charge in [0.05, 0.1) is 16.8 Å². The summed E-state index contributed by atoms with van der Waals surface area (Å²) >= 11 is 0. The second kappa shape index (κ2) is 5.61. The van der Waals surface area contributed by atoms with Gasteiger partial charge in [0.2, 0.25) is 0 Å². The van der Waals surface area contributed by atoms with Gasteiger partial charge < -0.3 is 15.6 Å². The fraction of sp³-hybridized carbons (Fsp3) is 0.111. The number of aryl methyl sites for hydroxylation is 1. The Labute approximate surface area is 133 Å². The Morgan fingerprint density at radius 3 is 2.43 bits per heavy atom. The molecule has 0 fully saturated rings. The molecule has 0 aliphatic rings. The minimum atomic E-state index is -0.574. The number of benzene rings is 2. The monoisotopic (exact) mass is 307 g/mol. The van der Waals surface area contributed by atoms with Gasteiger partial charge in [-0.05, 0) is 25.1 Å². The predicted octanol–water partition coefficient (Wildman–Crippen LogP) is 2.84. The van der Waals surface area contributed by atoms with Crippen LogP contribution >= 0.6 is 0 Å². The van der Waals surface area contributed by atoms with Gasteiger partial charge in [0.15, 0.2) is 0 Å². The van der Waals surface area contributed by atoms with E-state index in [9.17, 15) is 9.59 Å². The number of rotatable bonds is 3. The zero-order valence-electron chi connectivity index (χ0n) is 13.0. The molecule has 0 aliphatic carbocycles. The summed E-state index contributed by atoms with van der Waals surface area (Å²) in [6.07, 6.45) is 0. The Kier molecular flexibility index (Phi) is 3.62. The standard InChI is InChI=1S/C18H17N3O2/c1-11-16(13-8-4-6-10-15(13)21(11)2)18(23)20-14-9-5-3-7-12(14)17(19)22/h3-10H,1-2H3,(H2,19,22)(H,20,23). The van der Waals surface area contributed by atoms with Crippen LogP contribution in [0.5, 0.6) is 0 Å². The largest absolute Gasteiger partial charge is 0.366 e. The molecule has 1 heterocycles. The zero-order valence-corrected chi connectivity index (χ0v) is 13.0. The van der Waals surface area contributed by atoms with Crippen molar-refractivity contribution in [3.63, 3.8) is 0 Å². The molecule has 3 rings (SSSR count). The molecule has 0 saturated carbocycles. The van der Waals surface area contributed by atoms with Crippen molar-refractivity contribution in [3.8, 4) is 0 Å². The Morgan fingerprint density at radius 2 is 1.70 bits per heavy atom. The van der Waals surface area contributed by atoms with Crippen molar-refractivity contribution in [2.24, 2.45) is 12.8 Å². The molecule has 0 radical (unpaired) electrons. The second-order valence-corrected chi connectivity index (χ2v) is 5.40. The summed E-state index contributed by atoms with van der Waals surface area (Å²) in [5, 5.41) is 3.68. The van der Waals surface area contributed by atoms with E-state index in [1.54, 1.807) is 24.3 Å². The normalized spacial score (nSPS) is 10.7. The quantitative estimate of drug-likeness (QED) is 0.780. The summed E-state index contributed by atoms with van der Waals surface area (Å²) in [5.41, 5.74) is 8.51. The van der Waals surface area contributed by atoms with Gasteiger partial charge in [-0.3, -0.25) is 9.59 Å². The molecule has 23 heavy (non-hydrogen) atoms. The number of fused-ring (bicyclic) bond motifs is 1. The third kappa shape index (κ3) is 2.46. The van der Waals surface area contributed by atoms with E-state index in [0.29, 0.717) is 16.8 Å². The minimum absolute atomic E-state index is 0.256. The Hall–Kier alpha value is -3.08. The SMILES string of the molecule is Cc1c(C(=O)Nc2ccccc2C(N)=O)c2ccccc2n1C. The number of carbonyl (C=O) groups is 2. The molecule has 1 aromatic heterocycles. The van der Waals surface area contributed by atoms with Crippen molar-refractivity contribution in [1.82, 2.24) is 4.57 Å². The highest BCUT2D eigenvalue weighted by atomic mass is 16.2. The number of hydrogen-bond acceptors (Lipinski definition) is 2. The van der Waals surface area contributed by atoms with Gasteiger partial charge in [-0.15, -0.1) is 0 Å². The first-order valence-corrected chi connectivity index (χ1v) is 7.25. The van der Waals surface area contributed by atoms with E-state index in [1.165, 1.54) is 0 Å². The molecule has 0 spiro atoms. The van der Waals surface area contributed by atoms with Crippen molar-refractivity contribution >= 4 is 28.4 Å². The van der Waals surface area contributed by atoms with Gasteiger partial charge in [0.1, 0.15) is 0 Å². The zero-order chi connectivity index (χ0) is 16.6. The number of amides is 2. The summed E-state index contributed by atoms with van der Waals surface area (Å²) in [5.74, 6) is -0.830. The predicted molar refractivity (Wildman–Crippen MR) is 90.6 cm³/mol. The van der Waals surface area contributed by atoms with Crippen molar-refractivity contribution in [2.45, 2.75) is 6.92 Å². The second-order valence-electron chi connectivity index (χ2n) is 5.40. The number of nitrogens with one attached hydrogen (secondary N) is 1. The van der Waals surface area contributed by atoms with Crippen molar-refractivity contribution in [1.29, 1.82) is 0 Å². The molecule has 0 saturated heterocycles. The average molecular weight is 307 g/mol. The molecule has 3 aromatic rings. The van der Waals surface area contributed by atoms with Crippen LogP contribution in [0, 0.1) is 6.92 Å².